The second kappa shape index (κ2) is 15.7. The van der Waals surface area contributed by atoms with Gasteiger partial charge in [0.05, 0.1) is 22.1 Å². The standard InChI is InChI=1S/C56H46N4/c1-4-6-18-41(5-2)59-53-27-15-13-25-49(53)51-38-47(33-35-55(51)59)57(42-19-9-7-10-20-42)45-23-17-24-46(37-45)58(44-31-29-40(3)30-32-44)48-34-36-56-52(39-48)50-26-14-16-28-54(50)60(56)43-21-11-8-12-22-43/h4-29,31-40H,1,30H2,2-3H3. The van der Waals surface area contributed by atoms with Gasteiger partial charge in [0.1, 0.15) is 0 Å². The lowest BCUT2D eigenvalue weighted by Gasteiger charge is -2.31. The highest BCUT2D eigenvalue weighted by molar-refractivity contribution is 6.12. The van der Waals surface area contributed by atoms with E-state index in [-0.39, 0.29) is 0 Å². The van der Waals surface area contributed by atoms with Crippen molar-refractivity contribution < 1.29 is 0 Å². The number of anilines is 5. The molecular weight excluding hydrogens is 729 g/mol. The Morgan fingerprint density at radius 2 is 1.12 bits per heavy atom. The molecule has 0 fully saturated rings. The summed E-state index contributed by atoms with van der Waals surface area (Å²) in [7, 11) is 0. The number of allylic oxidation sites excluding steroid dienone is 8. The molecule has 1 aliphatic carbocycles. The van der Waals surface area contributed by atoms with Crippen molar-refractivity contribution in [3.05, 3.63) is 225 Å². The maximum atomic E-state index is 3.92. The number of hydrogen-bond acceptors (Lipinski definition) is 2. The fraction of sp³-hybridized carbons (Fsp3) is 0.0714. The molecule has 0 saturated heterocycles. The number of fused-ring (bicyclic) bond motifs is 6. The van der Waals surface area contributed by atoms with Gasteiger partial charge < -0.3 is 18.9 Å². The van der Waals surface area contributed by atoms with Gasteiger partial charge in [0.25, 0.3) is 0 Å². The Kier molecular flexibility index (Phi) is 9.59. The molecule has 4 nitrogen and oxygen atoms in total. The fourth-order valence-electron chi connectivity index (χ4n) is 8.92. The molecule has 0 N–H and O–H groups in total. The Bertz CT molecular complexity index is 3170. The van der Waals surface area contributed by atoms with Gasteiger partial charge >= 0.3 is 0 Å². The zero-order valence-electron chi connectivity index (χ0n) is 34.0. The molecule has 1 aliphatic rings. The van der Waals surface area contributed by atoms with Crippen molar-refractivity contribution in [1.29, 1.82) is 0 Å². The van der Waals surface area contributed by atoms with Gasteiger partial charge in [0.2, 0.25) is 0 Å². The van der Waals surface area contributed by atoms with Crippen LogP contribution < -0.4 is 9.80 Å². The molecule has 0 saturated carbocycles. The summed E-state index contributed by atoms with van der Waals surface area (Å²) in [5.74, 6) is 0.490. The van der Waals surface area contributed by atoms with Crippen molar-refractivity contribution in [3.63, 3.8) is 0 Å². The number of aromatic nitrogens is 2. The number of para-hydroxylation sites is 4. The highest BCUT2D eigenvalue weighted by Gasteiger charge is 2.22. The summed E-state index contributed by atoms with van der Waals surface area (Å²) in [6.07, 6.45) is 16.1. The third-order valence-electron chi connectivity index (χ3n) is 11.7. The third kappa shape index (κ3) is 6.43. The van der Waals surface area contributed by atoms with Crippen LogP contribution in [0.4, 0.5) is 28.4 Å². The summed E-state index contributed by atoms with van der Waals surface area (Å²) < 4.78 is 4.73. The molecule has 10 rings (SSSR count). The van der Waals surface area contributed by atoms with Crippen LogP contribution in [0.15, 0.2) is 225 Å². The monoisotopic (exact) mass is 774 g/mol. The van der Waals surface area contributed by atoms with E-state index < -0.39 is 0 Å². The van der Waals surface area contributed by atoms with E-state index in [0.717, 1.165) is 51.8 Å². The molecule has 1 atom stereocenters. The molecule has 0 amide bonds. The molecule has 0 aliphatic heterocycles. The van der Waals surface area contributed by atoms with Gasteiger partial charge in [-0.15, -0.1) is 0 Å². The van der Waals surface area contributed by atoms with Gasteiger partial charge in [-0.25, -0.2) is 0 Å². The Morgan fingerprint density at radius 3 is 1.82 bits per heavy atom. The molecule has 7 aromatic carbocycles. The Labute approximate surface area is 351 Å². The minimum Gasteiger partial charge on any atom is -0.311 e. The molecular formula is C56H46N4. The molecule has 4 heteroatoms. The van der Waals surface area contributed by atoms with E-state index in [1.807, 2.05) is 12.2 Å². The first-order chi connectivity index (χ1) is 29.6. The van der Waals surface area contributed by atoms with E-state index in [0.29, 0.717) is 5.92 Å². The average Bonchev–Trinajstić information content (AvgIpc) is 3.81. The highest BCUT2D eigenvalue weighted by Crippen LogP contribution is 2.43. The van der Waals surface area contributed by atoms with Crippen LogP contribution in [-0.4, -0.2) is 9.13 Å². The largest absolute Gasteiger partial charge is 0.311 e. The van der Waals surface area contributed by atoms with E-state index in [2.05, 4.69) is 240 Å². The summed E-state index contributed by atoms with van der Waals surface area (Å²) >= 11 is 0. The number of hydrogen-bond donors (Lipinski definition) is 0. The maximum absolute atomic E-state index is 3.92. The molecule has 9 aromatic rings. The van der Waals surface area contributed by atoms with Crippen molar-refractivity contribution >= 4 is 77.7 Å². The van der Waals surface area contributed by atoms with Crippen LogP contribution >= 0.6 is 0 Å². The lowest BCUT2D eigenvalue weighted by atomic mass is 10.00. The van der Waals surface area contributed by atoms with E-state index in [1.165, 1.54) is 43.8 Å². The van der Waals surface area contributed by atoms with E-state index in [9.17, 15) is 0 Å². The normalized spacial score (nSPS) is 14.4. The minimum absolute atomic E-state index is 0.490. The lowest BCUT2D eigenvalue weighted by Crippen LogP contribution is -2.18. The first kappa shape index (κ1) is 36.8. The summed E-state index contributed by atoms with van der Waals surface area (Å²) in [6, 6.07) is 61.6. The van der Waals surface area contributed by atoms with E-state index in [1.54, 1.807) is 0 Å². The van der Waals surface area contributed by atoms with E-state index >= 15 is 0 Å². The molecule has 0 bridgehead atoms. The first-order valence-electron chi connectivity index (χ1n) is 20.8. The Morgan fingerprint density at radius 1 is 0.567 bits per heavy atom. The summed E-state index contributed by atoms with van der Waals surface area (Å²) in [6.45, 7) is 8.29. The van der Waals surface area contributed by atoms with Crippen LogP contribution in [0, 0.1) is 5.92 Å². The smallest absolute Gasteiger partial charge is 0.0542 e. The summed E-state index contributed by atoms with van der Waals surface area (Å²) in [5, 5.41) is 4.87. The zero-order valence-corrected chi connectivity index (χ0v) is 34.0. The number of benzene rings is 7. The first-order valence-corrected chi connectivity index (χ1v) is 20.8. The second-order valence-electron chi connectivity index (χ2n) is 15.5. The van der Waals surface area contributed by atoms with Gasteiger partial charge in [-0.3, -0.25) is 0 Å². The van der Waals surface area contributed by atoms with Crippen molar-refractivity contribution in [2.75, 3.05) is 9.80 Å². The van der Waals surface area contributed by atoms with Crippen LogP contribution in [0.25, 0.3) is 55.0 Å². The maximum Gasteiger partial charge on any atom is 0.0542 e. The highest BCUT2D eigenvalue weighted by atomic mass is 15.2. The molecule has 0 spiro atoms. The minimum atomic E-state index is 0.490. The van der Waals surface area contributed by atoms with Gasteiger partial charge in [0, 0.05) is 67.1 Å². The zero-order chi connectivity index (χ0) is 40.6. The van der Waals surface area contributed by atoms with Crippen LogP contribution in [0.3, 0.4) is 0 Å². The molecule has 60 heavy (non-hydrogen) atoms. The van der Waals surface area contributed by atoms with Gasteiger partial charge in [0.15, 0.2) is 0 Å². The van der Waals surface area contributed by atoms with Crippen LogP contribution in [0.1, 0.15) is 20.3 Å². The second-order valence-corrected chi connectivity index (χ2v) is 15.5. The molecule has 290 valence electrons. The van der Waals surface area contributed by atoms with Gasteiger partial charge in [-0.05, 0) is 122 Å². The summed E-state index contributed by atoms with van der Waals surface area (Å²) in [5.41, 5.74) is 13.6. The van der Waals surface area contributed by atoms with Crippen molar-refractivity contribution in [1.82, 2.24) is 9.13 Å². The summed E-state index contributed by atoms with van der Waals surface area (Å²) in [4.78, 5) is 4.81. The SMILES string of the molecule is C=CC=CC(=CC)n1c2ccccc2c2cc(N(c3ccccc3)c3cccc(N(C4=CCC(C)C=C4)c4ccc5c(c4)c4ccccc4n5-c4ccccc4)c3)ccc21. The number of nitrogens with zero attached hydrogens (tertiary/aromatic N) is 4. The van der Waals surface area contributed by atoms with Crippen LogP contribution in [0.2, 0.25) is 0 Å². The quantitative estimate of drug-likeness (QED) is 0.129. The molecule has 0 radical (unpaired) electrons. The Balaban J connectivity index is 1.14. The fourth-order valence-corrected chi connectivity index (χ4v) is 8.92. The predicted octanol–water partition coefficient (Wildman–Crippen LogP) is 15.6. The number of rotatable bonds is 10. The molecule has 2 aromatic heterocycles. The van der Waals surface area contributed by atoms with Crippen molar-refractivity contribution in [2.45, 2.75) is 20.3 Å². The third-order valence-corrected chi connectivity index (χ3v) is 11.7. The van der Waals surface area contributed by atoms with Crippen LogP contribution in [0.5, 0.6) is 0 Å². The van der Waals surface area contributed by atoms with Crippen molar-refractivity contribution in [3.8, 4) is 5.69 Å². The van der Waals surface area contributed by atoms with Crippen molar-refractivity contribution in [2.24, 2.45) is 5.92 Å². The molecule has 1 unspecified atom stereocenters. The average molecular weight is 775 g/mol. The predicted molar refractivity (Wildman–Crippen MR) is 257 cm³/mol. The lowest BCUT2D eigenvalue weighted by molar-refractivity contribution is 0.728. The van der Waals surface area contributed by atoms with Crippen LogP contribution in [-0.2, 0) is 0 Å². The van der Waals surface area contributed by atoms with E-state index in [4.69, 9.17) is 0 Å². The topological polar surface area (TPSA) is 16.3 Å². The Hall–Kier alpha value is -7.56. The van der Waals surface area contributed by atoms with Gasteiger partial charge in [-0.2, -0.15) is 0 Å². The molecule has 2 heterocycles. The van der Waals surface area contributed by atoms with Gasteiger partial charge in [-0.1, -0.05) is 123 Å².